The van der Waals surface area contributed by atoms with Gasteiger partial charge in [0.2, 0.25) is 0 Å². The van der Waals surface area contributed by atoms with E-state index in [0.29, 0.717) is 22.2 Å². The monoisotopic (exact) mass is 427 g/mol. The molecule has 1 aromatic carbocycles. The molecule has 2 atom stereocenters. The molecule has 8 heteroatoms. The molecule has 1 fully saturated rings. The predicted molar refractivity (Wildman–Crippen MR) is 114 cm³/mol. The lowest BCUT2D eigenvalue weighted by atomic mass is 10.0. The standard InChI is InChI=1S/C22H22FN3O3S/c1-22(2,3)29-21(28)26-18(12-30-20(26)13-5-4-8-24-10-13)19(27)16-11-25-17-9-14(23)6-7-15(16)17/h4-11,18,20,25H,12H2,1-3H3/t18-,20?/m0/s1. The van der Waals surface area contributed by atoms with Crippen molar-refractivity contribution in [2.24, 2.45) is 0 Å². The minimum Gasteiger partial charge on any atom is -0.444 e. The number of benzene rings is 1. The zero-order valence-electron chi connectivity index (χ0n) is 16.9. The number of fused-ring (bicyclic) bond motifs is 1. The summed E-state index contributed by atoms with van der Waals surface area (Å²) in [5.74, 6) is -0.171. The number of aromatic amines is 1. The summed E-state index contributed by atoms with van der Waals surface area (Å²) >= 11 is 1.49. The van der Waals surface area contributed by atoms with Crippen LogP contribution in [0.1, 0.15) is 42.1 Å². The van der Waals surface area contributed by atoms with Crippen LogP contribution in [0.25, 0.3) is 10.9 Å². The molecule has 3 heterocycles. The van der Waals surface area contributed by atoms with Crippen LogP contribution < -0.4 is 0 Å². The SMILES string of the molecule is CC(C)(C)OC(=O)N1C(c2cccnc2)SC[C@H]1C(=O)c1c[nH]c2cc(F)ccc12. The Morgan fingerprint density at radius 1 is 1.30 bits per heavy atom. The van der Waals surface area contributed by atoms with Gasteiger partial charge in [-0.15, -0.1) is 11.8 Å². The van der Waals surface area contributed by atoms with Crippen LogP contribution in [0.4, 0.5) is 9.18 Å². The van der Waals surface area contributed by atoms with Gasteiger partial charge in [0.1, 0.15) is 22.8 Å². The lowest BCUT2D eigenvalue weighted by molar-refractivity contribution is 0.0173. The van der Waals surface area contributed by atoms with Crippen molar-refractivity contribution in [1.29, 1.82) is 0 Å². The Hall–Kier alpha value is -2.87. The number of nitrogens with zero attached hydrogens (tertiary/aromatic N) is 2. The first-order chi connectivity index (χ1) is 14.2. The second-order valence-corrected chi connectivity index (χ2v) is 9.25. The number of carbonyl (C=O) groups is 2. The van der Waals surface area contributed by atoms with Gasteiger partial charge in [0.25, 0.3) is 0 Å². The fourth-order valence-corrected chi connectivity index (χ4v) is 4.91. The van der Waals surface area contributed by atoms with Crippen molar-refractivity contribution in [3.05, 3.63) is 65.9 Å². The average Bonchev–Trinajstić information content (AvgIpc) is 3.31. The smallest absolute Gasteiger partial charge is 0.412 e. The summed E-state index contributed by atoms with van der Waals surface area (Å²) in [4.78, 5) is 35.2. The third-order valence-corrected chi connectivity index (χ3v) is 6.11. The zero-order chi connectivity index (χ0) is 21.5. The maximum atomic E-state index is 13.5. The molecule has 0 spiro atoms. The first kappa shape index (κ1) is 20.4. The number of carbonyl (C=O) groups excluding carboxylic acids is 2. The van der Waals surface area contributed by atoms with Crippen LogP contribution in [0.15, 0.2) is 48.9 Å². The first-order valence-electron chi connectivity index (χ1n) is 9.58. The maximum absolute atomic E-state index is 13.5. The molecule has 2 aromatic heterocycles. The Morgan fingerprint density at radius 3 is 2.80 bits per heavy atom. The van der Waals surface area contributed by atoms with Gasteiger partial charge in [-0.1, -0.05) is 6.07 Å². The molecule has 3 aromatic rings. The van der Waals surface area contributed by atoms with Crippen molar-refractivity contribution < 1.29 is 18.7 Å². The molecule has 4 rings (SSSR count). The van der Waals surface area contributed by atoms with Crippen molar-refractivity contribution in [2.75, 3.05) is 5.75 Å². The number of hydrogen-bond acceptors (Lipinski definition) is 5. The molecule has 1 saturated heterocycles. The number of pyridine rings is 1. The Morgan fingerprint density at radius 2 is 2.10 bits per heavy atom. The van der Waals surface area contributed by atoms with Crippen molar-refractivity contribution in [3.63, 3.8) is 0 Å². The topological polar surface area (TPSA) is 75.3 Å². The van der Waals surface area contributed by atoms with Gasteiger partial charge in [-0.25, -0.2) is 9.18 Å². The van der Waals surface area contributed by atoms with Gasteiger partial charge in [0.15, 0.2) is 5.78 Å². The average molecular weight is 428 g/mol. The summed E-state index contributed by atoms with van der Waals surface area (Å²) < 4.78 is 19.1. The highest BCUT2D eigenvalue weighted by Gasteiger charge is 2.44. The number of hydrogen-bond donors (Lipinski definition) is 1. The highest BCUT2D eigenvalue weighted by atomic mass is 32.2. The highest BCUT2D eigenvalue weighted by molar-refractivity contribution is 7.99. The van der Waals surface area contributed by atoms with Crippen LogP contribution in [0.3, 0.4) is 0 Å². The number of Topliss-reactive ketones (excluding diaryl/α,β-unsaturated/α-hetero) is 1. The van der Waals surface area contributed by atoms with Crippen LogP contribution in [0.2, 0.25) is 0 Å². The molecule has 156 valence electrons. The van der Waals surface area contributed by atoms with E-state index in [1.165, 1.54) is 28.8 Å². The van der Waals surface area contributed by atoms with Crippen LogP contribution in [0, 0.1) is 5.82 Å². The lowest BCUT2D eigenvalue weighted by Gasteiger charge is -2.31. The summed E-state index contributed by atoms with van der Waals surface area (Å²) in [5, 5.41) is 0.241. The molecule has 30 heavy (non-hydrogen) atoms. The van der Waals surface area contributed by atoms with E-state index >= 15 is 0 Å². The van der Waals surface area contributed by atoms with E-state index in [2.05, 4.69) is 9.97 Å². The van der Waals surface area contributed by atoms with E-state index in [1.54, 1.807) is 51.5 Å². The van der Waals surface area contributed by atoms with Gasteiger partial charge in [-0.2, -0.15) is 0 Å². The normalized spacial score (nSPS) is 19.3. The zero-order valence-corrected chi connectivity index (χ0v) is 17.7. The molecule has 1 amide bonds. The molecule has 1 N–H and O–H groups in total. The molecular weight excluding hydrogens is 405 g/mol. The fourth-order valence-electron chi connectivity index (χ4n) is 3.51. The highest BCUT2D eigenvalue weighted by Crippen LogP contribution is 2.43. The summed E-state index contributed by atoms with van der Waals surface area (Å²) in [6, 6.07) is 7.21. The number of thioether (sulfide) groups is 1. The number of rotatable bonds is 3. The molecular formula is C22H22FN3O3S. The maximum Gasteiger partial charge on any atom is 0.412 e. The van der Waals surface area contributed by atoms with Crippen molar-refractivity contribution in [3.8, 4) is 0 Å². The van der Waals surface area contributed by atoms with Crippen LogP contribution in [0.5, 0.6) is 0 Å². The second-order valence-electron chi connectivity index (χ2n) is 8.13. The van der Waals surface area contributed by atoms with Crippen LogP contribution in [-0.2, 0) is 4.74 Å². The van der Waals surface area contributed by atoms with Gasteiger partial charge in [0, 0.05) is 46.4 Å². The number of halogens is 1. The number of aromatic nitrogens is 2. The van der Waals surface area contributed by atoms with E-state index < -0.39 is 17.7 Å². The number of H-pyrrole nitrogens is 1. The minimum atomic E-state index is -0.709. The van der Waals surface area contributed by atoms with Crippen LogP contribution >= 0.6 is 11.8 Å². The van der Waals surface area contributed by atoms with Crippen molar-refractivity contribution in [2.45, 2.75) is 37.8 Å². The molecule has 0 radical (unpaired) electrons. The number of ketones is 1. The number of nitrogens with one attached hydrogen (secondary N) is 1. The Balaban J connectivity index is 1.71. The molecule has 1 unspecified atom stereocenters. The molecule has 0 saturated carbocycles. The Labute approximate surface area is 177 Å². The van der Waals surface area contributed by atoms with E-state index in [4.69, 9.17) is 4.74 Å². The quantitative estimate of drug-likeness (QED) is 0.600. The van der Waals surface area contributed by atoms with Crippen LogP contribution in [-0.4, -0.2) is 44.1 Å². The first-order valence-corrected chi connectivity index (χ1v) is 10.6. The van der Waals surface area contributed by atoms with Gasteiger partial charge in [-0.05, 0) is 45.0 Å². The third kappa shape index (κ3) is 3.92. The number of amides is 1. The molecule has 6 nitrogen and oxygen atoms in total. The minimum absolute atomic E-state index is 0.211. The van der Waals surface area contributed by atoms with Gasteiger partial charge in [0.05, 0.1) is 0 Å². The molecule has 1 aliphatic heterocycles. The summed E-state index contributed by atoms with van der Waals surface area (Å²) in [6.07, 6.45) is 4.37. The van der Waals surface area contributed by atoms with Gasteiger partial charge in [-0.3, -0.25) is 14.7 Å². The Kier molecular flexibility index (Phi) is 5.27. The fraction of sp³-hybridized carbons (Fsp3) is 0.318. The lowest BCUT2D eigenvalue weighted by Crippen LogP contribution is -2.45. The van der Waals surface area contributed by atoms with Gasteiger partial charge < -0.3 is 9.72 Å². The molecule has 0 aliphatic carbocycles. The van der Waals surface area contributed by atoms with Crippen molar-refractivity contribution >= 4 is 34.5 Å². The Bertz CT molecular complexity index is 1090. The summed E-state index contributed by atoms with van der Waals surface area (Å²) in [6.45, 7) is 5.37. The van der Waals surface area contributed by atoms with E-state index in [1.807, 2.05) is 6.07 Å². The summed E-state index contributed by atoms with van der Waals surface area (Å²) in [7, 11) is 0. The van der Waals surface area contributed by atoms with Gasteiger partial charge >= 0.3 is 6.09 Å². The van der Waals surface area contributed by atoms with E-state index in [0.717, 1.165) is 5.56 Å². The van der Waals surface area contributed by atoms with E-state index in [9.17, 15) is 14.0 Å². The van der Waals surface area contributed by atoms with E-state index in [-0.39, 0.29) is 17.0 Å². The van der Waals surface area contributed by atoms with Crippen molar-refractivity contribution in [1.82, 2.24) is 14.9 Å². The molecule has 1 aliphatic rings. The summed E-state index contributed by atoms with van der Waals surface area (Å²) in [5.41, 5.74) is 1.09. The number of ether oxygens (including phenoxy) is 1. The second kappa shape index (κ2) is 7.75. The molecule has 0 bridgehead atoms. The third-order valence-electron chi connectivity index (χ3n) is 4.79. The largest absolute Gasteiger partial charge is 0.444 e. The predicted octanol–water partition coefficient (Wildman–Crippen LogP) is 4.94.